The number of fused-ring (bicyclic) bond motifs is 1. The minimum Gasteiger partial charge on any atom is -0.450 e. The van der Waals surface area contributed by atoms with E-state index >= 15 is 0 Å². The Labute approximate surface area is 184 Å². The molecular formula is C21H24N2O6S2. The molecule has 8 nitrogen and oxygen atoms in total. The molecule has 0 saturated carbocycles. The quantitative estimate of drug-likeness (QED) is 0.675. The minimum absolute atomic E-state index is 0.0295. The van der Waals surface area contributed by atoms with Gasteiger partial charge in [0, 0.05) is 10.4 Å². The van der Waals surface area contributed by atoms with Gasteiger partial charge in [0.25, 0.3) is 11.8 Å². The number of anilines is 1. The van der Waals surface area contributed by atoms with E-state index in [9.17, 15) is 22.8 Å². The SMILES string of the molecule is CCOC(=O)NC(=O)c1c(NC(=O)c2ccc(S(=O)(=O)CC)cc2)sc2c1CCCC2. The van der Waals surface area contributed by atoms with Crippen LogP contribution in [0.25, 0.3) is 0 Å². The molecule has 0 bridgehead atoms. The Morgan fingerprint density at radius 3 is 2.35 bits per heavy atom. The van der Waals surface area contributed by atoms with Gasteiger partial charge in [-0.05, 0) is 62.4 Å². The van der Waals surface area contributed by atoms with E-state index in [0.717, 1.165) is 29.7 Å². The van der Waals surface area contributed by atoms with Gasteiger partial charge >= 0.3 is 6.09 Å². The van der Waals surface area contributed by atoms with E-state index in [0.29, 0.717) is 11.4 Å². The summed E-state index contributed by atoms with van der Waals surface area (Å²) in [6, 6.07) is 5.65. The van der Waals surface area contributed by atoms with Gasteiger partial charge in [-0.1, -0.05) is 6.92 Å². The maximum atomic E-state index is 12.8. The number of hydrogen-bond donors (Lipinski definition) is 2. The van der Waals surface area contributed by atoms with Crippen LogP contribution in [0.5, 0.6) is 0 Å². The van der Waals surface area contributed by atoms with Crippen molar-refractivity contribution in [1.82, 2.24) is 5.32 Å². The predicted octanol–water partition coefficient (Wildman–Crippen LogP) is 3.56. The number of amides is 3. The first kappa shape index (κ1) is 23.0. The van der Waals surface area contributed by atoms with E-state index in [-0.39, 0.29) is 28.4 Å². The van der Waals surface area contributed by atoms with Crippen LogP contribution in [-0.2, 0) is 27.4 Å². The molecule has 166 valence electrons. The molecule has 3 amide bonds. The van der Waals surface area contributed by atoms with E-state index in [1.54, 1.807) is 13.8 Å². The van der Waals surface area contributed by atoms with Gasteiger partial charge in [0.2, 0.25) is 0 Å². The van der Waals surface area contributed by atoms with E-state index < -0.39 is 27.7 Å². The smallest absolute Gasteiger partial charge is 0.414 e. The highest BCUT2D eigenvalue weighted by molar-refractivity contribution is 7.91. The maximum absolute atomic E-state index is 12.8. The van der Waals surface area contributed by atoms with Crippen LogP contribution in [0, 0.1) is 0 Å². The van der Waals surface area contributed by atoms with Crippen LogP contribution in [0.3, 0.4) is 0 Å². The van der Waals surface area contributed by atoms with Gasteiger partial charge < -0.3 is 10.1 Å². The maximum Gasteiger partial charge on any atom is 0.414 e. The van der Waals surface area contributed by atoms with Crippen molar-refractivity contribution in [3.8, 4) is 0 Å². The van der Waals surface area contributed by atoms with Crippen molar-refractivity contribution in [2.75, 3.05) is 17.7 Å². The monoisotopic (exact) mass is 464 g/mol. The van der Waals surface area contributed by atoms with Crippen LogP contribution >= 0.6 is 11.3 Å². The molecule has 1 aromatic carbocycles. The molecular weight excluding hydrogens is 440 g/mol. The molecule has 0 fully saturated rings. The summed E-state index contributed by atoms with van der Waals surface area (Å²) in [7, 11) is -3.36. The van der Waals surface area contributed by atoms with Crippen LogP contribution in [0.4, 0.5) is 9.80 Å². The Hall–Kier alpha value is -2.72. The van der Waals surface area contributed by atoms with E-state index in [1.165, 1.54) is 35.6 Å². The Morgan fingerprint density at radius 2 is 1.71 bits per heavy atom. The van der Waals surface area contributed by atoms with Gasteiger partial charge in [0.1, 0.15) is 5.00 Å². The fourth-order valence-electron chi connectivity index (χ4n) is 3.37. The molecule has 0 atom stereocenters. The number of hydrogen-bond acceptors (Lipinski definition) is 7. The summed E-state index contributed by atoms with van der Waals surface area (Å²) in [4.78, 5) is 38.4. The van der Waals surface area contributed by atoms with Crippen molar-refractivity contribution in [3.05, 3.63) is 45.8 Å². The molecule has 0 unspecified atom stereocenters. The lowest BCUT2D eigenvalue weighted by molar-refractivity contribution is 0.0925. The van der Waals surface area contributed by atoms with Gasteiger partial charge in [-0.3, -0.25) is 14.9 Å². The fourth-order valence-corrected chi connectivity index (χ4v) is 5.54. The van der Waals surface area contributed by atoms with Crippen LogP contribution in [0.15, 0.2) is 29.2 Å². The molecule has 0 saturated heterocycles. The van der Waals surface area contributed by atoms with E-state index in [4.69, 9.17) is 4.74 Å². The molecule has 10 heteroatoms. The van der Waals surface area contributed by atoms with E-state index in [2.05, 4.69) is 10.6 Å². The summed E-state index contributed by atoms with van der Waals surface area (Å²) in [5, 5.41) is 5.33. The molecule has 2 N–H and O–H groups in total. The van der Waals surface area contributed by atoms with Gasteiger partial charge in [0.05, 0.1) is 22.8 Å². The summed E-state index contributed by atoms with van der Waals surface area (Å²) in [6.07, 6.45) is 2.57. The number of imide groups is 1. The van der Waals surface area contributed by atoms with Gasteiger partial charge in [-0.15, -0.1) is 11.3 Å². The average Bonchev–Trinajstić information content (AvgIpc) is 3.11. The van der Waals surface area contributed by atoms with Crippen molar-refractivity contribution in [3.63, 3.8) is 0 Å². The zero-order chi connectivity index (χ0) is 22.6. The largest absolute Gasteiger partial charge is 0.450 e. The summed E-state index contributed by atoms with van der Waals surface area (Å²) in [6.45, 7) is 3.32. The predicted molar refractivity (Wildman–Crippen MR) is 118 cm³/mol. The standard InChI is InChI=1S/C21H24N2O6S2/c1-3-29-21(26)23-19(25)17-15-7-5-6-8-16(15)30-20(17)22-18(24)13-9-11-14(12-10-13)31(27,28)4-2/h9-12H,3-8H2,1-2H3,(H,22,24)(H,23,25,26). The fraction of sp³-hybridized carbons (Fsp3) is 0.381. The van der Waals surface area contributed by atoms with Crippen LogP contribution < -0.4 is 10.6 Å². The van der Waals surface area contributed by atoms with Crippen LogP contribution in [0.1, 0.15) is 57.8 Å². The minimum atomic E-state index is -3.36. The molecule has 0 aliphatic heterocycles. The zero-order valence-corrected chi connectivity index (χ0v) is 19.0. The molecule has 31 heavy (non-hydrogen) atoms. The molecule has 1 heterocycles. The number of rotatable bonds is 6. The number of alkyl carbamates (subject to hydrolysis) is 1. The summed E-state index contributed by atoms with van der Waals surface area (Å²) >= 11 is 1.32. The third kappa shape index (κ3) is 5.13. The number of carbonyl (C=O) groups excluding carboxylic acids is 3. The first-order chi connectivity index (χ1) is 14.8. The highest BCUT2D eigenvalue weighted by atomic mass is 32.2. The lowest BCUT2D eigenvalue weighted by Crippen LogP contribution is -2.32. The molecule has 3 rings (SSSR count). The number of nitrogens with one attached hydrogen (secondary N) is 2. The molecule has 0 spiro atoms. The number of thiophene rings is 1. The Balaban J connectivity index is 1.87. The third-order valence-electron chi connectivity index (χ3n) is 4.97. The highest BCUT2D eigenvalue weighted by Crippen LogP contribution is 2.38. The second kappa shape index (κ2) is 9.61. The summed E-state index contributed by atoms with van der Waals surface area (Å²) in [5.41, 5.74) is 1.39. The molecule has 1 aliphatic rings. The lowest BCUT2D eigenvalue weighted by atomic mass is 9.95. The third-order valence-corrected chi connectivity index (χ3v) is 7.93. The van der Waals surface area contributed by atoms with Crippen molar-refractivity contribution >= 4 is 44.1 Å². The van der Waals surface area contributed by atoms with Crippen molar-refractivity contribution < 1.29 is 27.5 Å². The molecule has 1 aromatic heterocycles. The van der Waals surface area contributed by atoms with Crippen molar-refractivity contribution in [1.29, 1.82) is 0 Å². The Morgan fingerprint density at radius 1 is 1.03 bits per heavy atom. The van der Waals surface area contributed by atoms with Gasteiger partial charge in [-0.2, -0.15) is 0 Å². The molecule has 0 radical (unpaired) electrons. The second-order valence-corrected chi connectivity index (χ2v) is 10.4. The topological polar surface area (TPSA) is 119 Å². The first-order valence-corrected chi connectivity index (χ1v) is 12.5. The normalized spacial score (nSPS) is 13.2. The van der Waals surface area contributed by atoms with Gasteiger partial charge in [-0.25, -0.2) is 13.2 Å². The lowest BCUT2D eigenvalue weighted by Gasteiger charge is -2.13. The highest BCUT2D eigenvalue weighted by Gasteiger charge is 2.28. The van der Waals surface area contributed by atoms with E-state index in [1.807, 2.05) is 0 Å². The van der Waals surface area contributed by atoms with Crippen molar-refractivity contribution in [2.45, 2.75) is 44.4 Å². The van der Waals surface area contributed by atoms with Crippen LogP contribution in [0.2, 0.25) is 0 Å². The van der Waals surface area contributed by atoms with Crippen molar-refractivity contribution in [2.24, 2.45) is 0 Å². The van der Waals surface area contributed by atoms with Crippen LogP contribution in [-0.4, -0.2) is 38.7 Å². The number of benzene rings is 1. The number of sulfone groups is 1. The average molecular weight is 465 g/mol. The number of ether oxygens (including phenoxy) is 1. The summed E-state index contributed by atoms with van der Waals surface area (Å²) < 4.78 is 28.7. The number of aryl methyl sites for hydroxylation is 1. The number of carbonyl (C=O) groups is 3. The molecule has 2 aromatic rings. The Bertz CT molecular complexity index is 1100. The van der Waals surface area contributed by atoms with Gasteiger partial charge in [0.15, 0.2) is 9.84 Å². The summed E-state index contributed by atoms with van der Waals surface area (Å²) in [5.74, 6) is -1.11. The first-order valence-electron chi connectivity index (χ1n) is 10.0. The molecule has 1 aliphatic carbocycles. The Kier molecular flexibility index (Phi) is 7.11. The second-order valence-electron chi connectivity index (χ2n) is 6.97. The zero-order valence-electron chi connectivity index (χ0n) is 17.3.